The van der Waals surface area contributed by atoms with E-state index in [4.69, 9.17) is 4.74 Å². The molecule has 0 bridgehead atoms. The molecule has 1 aromatic carbocycles. The third kappa shape index (κ3) is 3.16. The summed E-state index contributed by atoms with van der Waals surface area (Å²) in [6.07, 6.45) is 8.91. The highest BCUT2D eigenvalue weighted by Crippen LogP contribution is 2.44. The first kappa shape index (κ1) is 14.8. The summed E-state index contributed by atoms with van der Waals surface area (Å²) >= 11 is 0. The van der Waals surface area contributed by atoms with Gasteiger partial charge in [-0.3, -0.25) is 0 Å². The van der Waals surface area contributed by atoms with E-state index in [1.165, 1.54) is 31.2 Å². The molecule has 1 heterocycles. The zero-order valence-electron chi connectivity index (χ0n) is 13.6. The maximum atomic E-state index is 5.52. The standard InChI is InChI=1S/C18H24N4O/c1-23-18-8-14-6-16(7-15(14)9-18)20-10-13-2-4-17(5-3-13)22-12-19-11-21-22/h2-5,11-12,14-16,18,20H,6-10H2,1H3/t14-,15+,16?,18?. The lowest BCUT2D eigenvalue weighted by atomic mass is 10.0. The monoisotopic (exact) mass is 312 g/mol. The van der Waals surface area contributed by atoms with E-state index >= 15 is 0 Å². The van der Waals surface area contributed by atoms with Gasteiger partial charge >= 0.3 is 0 Å². The average Bonchev–Trinajstić information content (AvgIpc) is 3.29. The zero-order chi connectivity index (χ0) is 15.6. The van der Waals surface area contributed by atoms with Crippen molar-refractivity contribution in [2.45, 2.75) is 44.4 Å². The molecule has 0 saturated heterocycles. The number of hydrogen-bond donors (Lipinski definition) is 1. The second kappa shape index (κ2) is 6.42. The van der Waals surface area contributed by atoms with Crippen LogP contribution < -0.4 is 5.32 Å². The van der Waals surface area contributed by atoms with Crippen LogP contribution in [0.5, 0.6) is 0 Å². The summed E-state index contributed by atoms with van der Waals surface area (Å²) in [5, 5.41) is 7.89. The molecule has 0 aliphatic heterocycles. The number of benzene rings is 1. The summed E-state index contributed by atoms with van der Waals surface area (Å²) in [5.74, 6) is 1.74. The Bertz CT molecular complexity index is 611. The van der Waals surface area contributed by atoms with Gasteiger partial charge in [0.1, 0.15) is 12.7 Å². The normalized spacial score (nSPS) is 29.8. The second-order valence-corrected chi connectivity index (χ2v) is 6.91. The van der Waals surface area contributed by atoms with Crippen LogP contribution >= 0.6 is 0 Å². The van der Waals surface area contributed by atoms with Gasteiger partial charge in [0.25, 0.3) is 0 Å². The van der Waals surface area contributed by atoms with Crippen molar-refractivity contribution in [1.82, 2.24) is 20.1 Å². The first-order chi connectivity index (χ1) is 11.3. The van der Waals surface area contributed by atoms with Crippen LogP contribution in [-0.2, 0) is 11.3 Å². The van der Waals surface area contributed by atoms with Crippen LogP contribution in [0.25, 0.3) is 5.69 Å². The highest BCUT2D eigenvalue weighted by molar-refractivity contribution is 5.33. The molecular formula is C18H24N4O. The van der Waals surface area contributed by atoms with Crippen LogP contribution in [0, 0.1) is 11.8 Å². The molecule has 2 aliphatic carbocycles. The summed E-state index contributed by atoms with van der Waals surface area (Å²) in [4.78, 5) is 3.98. The molecule has 4 atom stereocenters. The van der Waals surface area contributed by atoms with E-state index in [2.05, 4.69) is 39.7 Å². The number of nitrogens with one attached hydrogen (secondary N) is 1. The van der Waals surface area contributed by atoms with Crippen molar-refractivity contribution in [3.63, 3.8) is 0 Å². The Labute approximate surface area is 137 Å². The fourth-order valence-corrected chi connectivity index (χ4v) is 4.29. The average molecular weight is 312 g/mol. The molecule has 0 radical (unpaired) electrons. The van der Waals surface area contributed by atoms with Crippen molar-refractivity contribution in [2.24, 2.45) is 11.8 Å². The molecule has 2 aliphatic rings. The SMILES string of the molecule is COC1C[C@H]2CC(NCc3ccc(-n4cncn4)cc3)C[C@H]2C1. The Kier molecular flexibility index (Phi) is 4.14. The van der Waals surface area contributed by atoms with Gasteiger partial charge < -0.3 is 10.1 Å². The third-order valence-corrected chi connectivity index (χ3v) is 5.52. The Morgan fingerprint density at radius 1 is 1.13 bits per heavy atom. The van der Waals surface area contributed by atoms with Crippen LogP contribution in [0.1, 0.15) is 31.2 Å². The van der Waals surface area contributed by atoms with Gasteiger partial charge in [0, 0.05) is 19.7 Å². The fourth-order valence-electron chi connectivity index (χ4n) is 4.29. The van der Waals surface area contributed by atoms with Crippen molar-refractivity contribution in [3.8, 4) is 5.69 Å². The molecule has 1 N–H and O–H groups in total. The van der Waals surface area contributed by atoms with E-state index in [0.717, 1.165) is 24.1 Å². The minimum absolute atomic E-state index is 0.510. The second-order valence-electron chi connectivity index (χ2n) is 6.91. The molecule has 2 fully saturated rings. The lowest BCUT2D eigenvalue weighted by Crippen LogP contribution is -2.27. The van der Waals surface area contributed by atoms with Gasteiger partial charge in [-0.15, -0.1) is 0 Å². The zero-order valence-corrected chi connectivity index (χ0v) is 13.6. The van der Waals surface area contributed by atoms with Crippen LogP contribution in [0.4, 0.5) is 0 Å². The first-order valence-electron chi connectivity index (χ1n) is 8.52. The Hall–Kier alpha value is -1.72. The van der Waals surface area contributed by atoms with E-state index in [-0.39, 0.29) is 0 Å². The summed E-state index contributed by atoms with van der Waals surface area (Å²) < 4.78 is 7.30. The molecule has 1 aromatic heterocycles. The molecule has 0 spiro atoms. The van der Waals surface area contributed by atoms with Crippen molar-refractivity contribution in [2.75, 3.05) is 7.11 Å². The smallest absolute Gasteiger partial charge is 0.138 e. The van der Waals surface area contributed by atoms with Gasteiger partial charge in [-0.05, 0) is 55.2 Å². The first-order valence-corrected chi connectivity index (χ1v) is 8.52. The maximum absolute atomic E-state index is 5.52. The number of aromatic nitrogens is 3. The summed E-state index contributed by atoms with van der Waals surface area (Å²) in [5.41, 5.74) is 2.37. The van der Waals surface area contributed by atoms with Crippen molar-refractivity contribution < 1.29 is 4.74 Å². The number of hydrogen-bond acceptors (Lipinski definition) is 4. The van der Waals surface area contributed by atoms with Crippen molar-refractivity contribution in [3.05, 3.63) is 42.5 Å². The number of ether oxygens (including phenoxy) is 1. The number of nitrogens with zero attached hydrogens (tertiary/aromatic N) is 3. The molecule has 2 aromatic rings. The summed E-state index contributed by atoms with van der Waals surface area (Å²) in [6.45, 7) is 0.940. The van der Waals surface area contributed by atoms with Gasteiger partial charge in [0.05, 0.1) is 11.8 Å². The quantitative estimate of drug-likeness (QED) is 0.922. The Balaban J connectivity index is 1.29. The topological polar surface area (TPSA) is 52.0 Å². The lowest BCUT2D eigenvalue weighted by molar-refractivity contribution is 0.100. The van der Waals surface area contributed by atoms with Crippen molar-refractivity contribution >= 4 is 0 Å². The highest BCUT2D eigenvalue weighted by Gasteiger charge is 2.41. The van der Waals surface area contributed by atoms with Gasteiger partial charge in [-0.2, -0.15) is 5.10 Å². The molecule has 23 heavy (non-hydrogen) atoms. The van der Waals surface area contributed by atoms with Crippen LogP contribution in [-0.4, -0.2) is 34.0 Å². The van der Waals surface area contributed by atoms with E-state index < -0.39 is 0 Å². The van der Waals surface area contributed by atoms with Crippen LogP contribution in [0.15, 0.2) is 36.9 Å². The molecule has 2 unspecified atom stereocenters. The van der Waals surface area contributed by atoms with E-state index in [9.17, 15) is 0 Å². The highest BCUT2D eigenvalue weighted by atomic mass is 16.5. The van der Waals surface area contributed by atoms with E-state index in [1.54, 1.807) is 17.3 Å². The van der Waals surface area contributed by atoms with E-state index in [1.807, 2.05) is 7.11 Å². The summed E-state index contributed by atoms with van der Waals surface area (Å²) in [7, 11) is 1.85. The number of methoxy groups -OCH3 is 1. The van der Waals surface area contributed by atoms with Gasteiger partial charge in [0.2, 0.25) is 0 Å². The number of fused-ring (bicyclic) bond motifs is 1. The van der Waals surface area contributed by atoms with E-state index in [0.29, 0.717) is 12.1 Å². The lowest BCUT2D eigenvalue weighted by Gasteiger charge is -2.16. The fraction of sp³-hybridized carbons (Fsp3) is 0.556. The predicted molar refractivity (Wildman–Crippen MR) is 88.2 cm³/mol. The minimum Gasteiger partial charge on any atom is -0.381 e. The third-order valence-electron chi connectivity index (χ3n) is 5.52. The molecule has 5 nitrogen and oxygen atoms in total. The van der Waals surface area contributed by atoms with Gasteiger partial charge in [0.15, 0.2) is 0 Å². The summed E-state index contributed by atoms with van der Waals surface area (Å²) in [6, 6.07) is 9.19. The van der Waals surface area contributed by atoms with Gasteiger partial charge in [-0.25, -0.2) is 9.67 Å². The van der Waals surface area contributed by atoms with Crippen molar-refractivity contribution in [1.29, 1.82) is 0 Å². The molecule has 4 rings (SSSR count). The molecule has 122 valence electrons. The maximum Gasteiger partial charge on any atom is 0.138 e. The predicted octanol–water partition coefficient (Wildman–Crippen LogP) is 2.56. The molecule has 2 saturated carbocycles. The molecule has 0 amide bonds. The Morgan fingerprint density at radius 2 is 1.87 bits per heavy atom. The van der Waals surface area contributed by atoms with Crippen LogP contribution in [0.2, 0.25) is 0 Å². The van der Waals surface area contributed by atoms with Crippen LogP contribution in [0.3, 0.4) is 0 Å². The molecular weight excluding hydrogens is 288 g/mol. The largest absolute Gasteiger partial charge is 0.381 e. The Morgan fingerprint density at radius 3 is 2.48 bits per heavy atom. The van der Waals surface area contributed by atoms with Gasteiger partial charge in [-0.1, -0.05) is 12.1 Å². The minimum atomic E-state index is 0.510. The molecule has 5 heteroatoms. The number of rotatable bonds is 5.